The first kappa shape index (κ1) is 58.8. The van der Waals surface area contributed by atoms with E-state index in [9.17, 15) is 38.4 Å². The molecular formula is C48H50O28. The molecule has 0 radical (unpaired) electrons. The summed E-state index contributed by atoms with van der Waals surface area (Å²) >= 11 is 0. The minimum Gasteiger partial charge on any atom is -0.497 e. The number of methoxy groups -OCH3 is 8. The summed E-state index contributed by atoms with van der Waals surface area (Å²) in [5, 5.41) is 0. The van der Waals surface area contributed by atoms with Gasteiger partial charge in [0.25, 0.3) is 0 Å². The molecule has 0 bridgehead atoms. The molecule has 4 aromatic carbocycles. The van der Waals surface area contributed by atoms with Crippen molar-refractivity contribution in [1.82, 2.24) is 0 Å². The van der Waals surface area contributed by atoms with E-state index in [0.29, 0.717) is 23.0 Å². The van der Waals surface area contributed by atoms with Gasteiger partial charge in [-0.15, -0.1) is 0 Å². The number of hydrogen-bond donors (Lipinski definition) is 0. The smallest absolute Gasteiger partial charge is 0.497 e. The van der Waals surface area contributed by atoms with Crippen LogP contribution in [0.5, 0.6) is 46.0 Å². The maximum Gasteiger partial charge on any atom is 0.549 e. The van der Waals surface area contributed by atoms with Crippen LogP contribution < -0.4 is 37.9 Å². The fraction of sp³-hybridized carbons (Fsp3) is 0.333. The van der Waals surface area contributed by atoms with Gasteiger partial charge in [-0.25, -0.2) is 58.3 Å². The fourth-order valence-corrected chi connectivity index (χ4v) is 6.28. The van der Waals surface area contributed by atoms with Crippen molar-refractivity contribution >= 4 is 48.5 Å². The first-order valence-corrected chi connectivity index (χ1v) is 21.7. The number of benzene rings is 4. The highest BCUT2D eigenvalue weighted by Gasteiger charge is 2.30. The van der Waals surface area contributed by atoms with Gasteiger partial charge in [0, 0.05) is 36.1 Å². The standard InChI is InChI=1S/C48H50O28/c1-57-29-9-13-33(37(21-29)61-5)41(49)69-73-45(53)65-19-17-27(25-67-47(55)75-71-43(51)35-15-11-31(59-3)23-39(35)63-7)28(26-68-48(56)76-72-44(52)36-16-12-32(60-4)24-40(36)64-8)18-20-66-46(54)74-70-42(50)34-14-10-30(58-2)22-38(34)62-6/h9-16,21-24,27-28H,17-20,25-26H2,1-8H3. The molecule has 0 heterocycles. The van der Waals surface area contributed by atoms with Gasteiger partial charge in [-0.2, -0.15) is 19.2 Å². The highest BCUT2D eigenvalue weighted by Crippen LogP contribution is 2.30. The molecule has 0 aliphatic rings. The molecule has 0 aliphatic heterocycles. The molecule has 4 aromatic rings. The second-order valence-corrected chi connectivity index (χ2v) is 14.5. The van der Waals surface area contributed by atoms with Crippen molar-refractivity contribution in [2.75, 3.05) is 83.3 Å². The Labute approximate surface area is 431 Å². The lowest BCUT2D eigenvalue weighted by atomic mass is 9.88. The van der Waals surface area contributed by atoms with E-state index in [-0.39, 0.29) is 58.1 Å². The van der Waals surface area contributed by atoms with Crippen molar-refractivity contribution in [2.45, 2.75) is 12.8 Å². The zero-order chi connectivity index (χ0) is 55.6. The molecule has 2 atom stereocenters. The van der Waals surface area contributed by atoms with Gasteiger partial charge in [0.15, 0.2) is 0 Å². The highest BCUT2D eigenvalue weighted by molar-refractivity contribution is 5.94. The zero-order valence-corrected chi connectivity index (χ0v) is 41.8. The maximum atomic E-state index is 12.9. The van der Waals surface area contributed by atoms with Gasteiger partial charge in [-0.1, -0.05) is 0 Å². The molecular weight excluding hydrogens is 1020 g/mol. The third kappa shape index (κ3) is 17.8. The number of ether oxygens (including phenoxy) is 12. The molecule has 0 saturated carbocycles. The summed E-state index contributed by atoms with van der Waals surface area (Å²) in [6.45, 7) is -2.69. The first-order valence-electron chi connectivity index (χ1n) is 21.7. The molecule has 4 rings (SSSR count). The van der Waals surface area contributed by atoms with Crippen molar-refractivity contribution < 1.29 is 134 Å². The Morgan fingerprint density at radius 3 is 0.776 bits per heavy atom. The number of rotatable bonds is 23. The molecule has 0 N–H and O–H groups in total. The lowest BCUT2D eigenvalue weighted by molar-refractivity contribution is -0.208. The summed E-state index contributed by atoms with van der Waals surface area (Å²) in [5.41, 5.74) is -0.684. The van der Waals surface area contributed by atoms with E-state index < -0.39 is 86.8 Å². The normalized spacial score (nSPS) is 11.0. The number of carbonyl (C=O) groups excluding carboxylic acids is 8. The lowest BCUT2D eigenvalue weighted by Gasteiger charge is -2.26. The summed E-state index contributed by atoms with van der Waals surface area (Å²) < 4.78 is 61.6. The second kappa shape index (κ2) is 30.3. The summed E-state index contributed by atoms with van der Waals surface area (Å²) in [5.74, 6) is -5.66. The van der Waals surface area contributed by atoms with Crippen molar-refractivity contribution in [3.05, 3.63) is 95.1 Å². The van der Waals surface area contributed by atoms with Gasteiger partial charge in [-0.3, -0.25) is 0 Å². The van der Waals surface area contributed by atoms with Gasteiger partial charge in [0.1, 0.15) is 68.2 Å². The second-order valence-electron chi connectivity index (χ2n) is 14.5. The quantitative estimate of drug-likeness (QED) is 0.0320. The predicted molar refractivity (Wildman–Crippen MR) is 246 cm³/mol. The van der Waals surface area contributed by atoms with Crippen LogP contribution in [0.4, 0.5) is 19.2 Å². The number of hydrogen-bond acceptors (Lipinski definition) is 28. The Bertz CT molecular complexity index is 2470. The highest BCUT2D eigenvalue weighted by atomic mass is 17.3. The van der Waals surface area contributed by atoms with E-state index in [1.54, 1.807) is 0 Å². The lowest BCUT2D eigenvalue weighted by Crippen LogP contribution is -2.30. The van der Waals surface area contributed by atoms with E-state index in [1.807, 2.05) is 0 Å². The Balaban J connectivity index is 1.50. The van der Waals surface area contributed by atoms with Crippen LogP contribution in [0.1, 0.15) is 54.3 Å². The molecule has 0 saturated heterocycles. The maximum absolute atomic E-state index is 12.9. The van der Waals surface area contributed by atoms with Gasteiger partial charge >= 0.3 is 48.5 Å². The molecule has 0 aliphatic carbocycles. The largest absolute Gasteiger partial charge is 0.549 e. The van der Waals surface area contributed by atoms with Crippen molar-refractivity contribution in [2.24, 2.45) is 11.8 Å². The average Bonchev–Trinajstić information content (AvgIpc) is 3.45. The van der Waals surface area contributed by atoms with Crippen LogP contribution in [0.25, 0.3) is 0 Å². The van der Waals surface area contributed by atoms with E-state index in [4.69, 9.17) is 56.8 Å². The molecule has 76 heavy (non-hydrogen) atoms. The summed E-state index contributed by atoms with van der Waals surface area (Å²) in [6.07, 6.45) is -6.95. The molecule has 0 fully saturated rings. The van der Waals surface area contributed by atoms with Gasteiger partial charge in [0.05, 0.1) is 83.3 Å². The van der Waals surface area contributed by atoms with E-state index in [0.717, 1.165) is 0 Å². The van der Waals surface area contributed by atoms with Crippen LogP contribution in [0.3, 0.4) is 0 Å². The molecule has 28 nitrogen and oxygen atoms in total. The minimum atomic E-state index is -1.60. The van der Waals surface area contributed by atoms with E-state index in [1.165, 1.54) is 130 Å². The molecule has 0 spiro atoms. The third-order valence-electron chi connectivity index (χ3n) is 10.2. The third-order valence-corrected chi connectivity index (χ3v) is 10.2. The Kier molecular flexibility index (Phi) is 23.5. The Morgan fingerprint density at radius 2 is 0.553 bits per heavy atom. The predicted octanol–water partition coefficient (Wildman–Crippen LogP) is 6.77. The van der Waals surface area contributed by atoms with Gasteiger partial charge in [-0.05, 0) is 61.4 Å². The van der Waals surface area contributed by atoms with Crippen molar-refractivity contribution in [3.63, 3.8) is 0 Å². The molecule has 2 unspecified atom stereocenters. The van der Waals surface area contributed by atoms with Crippen molar-refractivity contribution in [1.29, 1.82) is 0 Å². The monoisotopic (exact) mass is 1070 g/mol. The van der Waals surface area contributed by atoms with Gasteiger partial charge in [0.2, 0.25) is 0 Å². The van der Waals surface area contributed by atoms with Crippen LogP contribution >= 0.6 is 0 Å². The Morgan fingerprint density at radius 1 is 0.316 bits per heavy atom. The SMILES string of the molecule is COc1ccc(C(=O)OOC(=O)OCCC(COC(=O)OOC(=O)c2ccc(OC)cc2OC)C(CCOC(=O)OOC(=O)c2ccc(OC)cc2OC)COC(=O)OOC(=O)c2ccc(OC)cc2OC)c(OC)c1. The van der Waals surface area contributed by atoms with Crippen LogP contribution in [0.15, 0.2) is 72.8 Å². The summed E-state index contributed by atoms with van der Waals surface area (Å²) in [7, 11) is 10.6. The van der Waals surface area contributed by atoms with Crippen LogP contribution in [0.2, 0.25) is 0 Å². The molecule has 410 valence electrons. The first-order chi connectivity index (χ1) is 36.6. The summed E-state index contributed by atoms with van der Waals surface area (Å²) in [6, 6.07) is 16.1. The molecule has 0 aromatic heterocycles. The van der Waals surface area contributed by atoms with E-state index in [2.05, 4.69) is 39.1 Å². The van der Waals surface area contributed by atoms with Crippen molar-refractivity contribution in [3.8, 4) is 46.0 Å². The van der Waals surface area contributed by atoms with Gasteiger partial charge < -0.3 is 56.8 Å². The topological polar surface area (TPSA) is 321 Å². The fourth-order valence-electron chi connectivity index (χ4n) is 6.28. The summed E-state index contributed by atoms with van der Waals surface area (Å²) in [4.78, 5) is 139. The minimum absolute atomic E-state index is 0.00606. The molecule has 0 amide bonds. The van der Waals surface area contributed by atoms with Crippen LogP contribution in [0, 0.1) is 11.8 Å². The molecule has 28 heteroatoms. The average molecular weight is 1070 g/mol. The van der Waals surface area contributed by atoms with Crippen LogP contribution in [-0.2, 0) is 58.0 Å². The Hall–Kier alpha value is -9.76. The number of carbonyl (C=O) groups is 8. The zero-order valence-electron chi connectivity index (χ0n) is 41.8. The van der Waals surface area contributed by atoms with E-state index >= 15 is 0 Å². The van der Waals surface area contributed by atoms with Crippen LogP contribution in [-0.4, -0.2) is 132 Å².